The summed E-state index contributed by atoms with van der Waals surface area (Å²) in [5, 5.41) is 0. The van der Waals surface area contributed by atoms with Crippen LogP contribution >= 0.6 is 0 Å². The molecule has 1 aliphatic heterocycles. The number of nitrogens with two attached hydrogens (primary N) is 1. The predicted molar refractivity (Wildman–Crippen MR) is 81.1 cm³/mol. The number of nitrogens with zero attached hydrogens (tertiary/aromatic N) is 1. The second-order valence-electron chi connectivity index (χ2n) is 5.69. The highest BCUT2D eigenvalue weighted by Gasteiger charge is 2.30. The summed E-state index contributed by atoms with van der Waals surface area (Å²) >= 11 is 0. The van der Waals surface area contributed by atoms with Crippen molar-refractivity contribution in [2.24, 2.45) is 11.7 Å². The zero-order valence-electron chi connectivity index (χ0n) is 12.3. The molecule has 1 heterocycles. The molecule has 0 saturated carbocycles. The third kappa shape index (κ3) is 3.22. The van der Waals surface area contributed by atoms with Crippen molar-refractivity contribution in [2.75, 3.05) is 19.6 Å². The van der Waals surface area contributed by atoms with Crippen LogP contribution in [0.4, 0.5) is 0 Å². The van der Waals surface area contributed by atoms with E-state index >= 15 is 0 Å². The van der Waals surface area contributed by atoms with Gasteiger partial charge in [0.1, 0.15) is 0 Å². The molecular weight excluding hydrogens is 272 g/mol. The lowest BCUT2D eigenvalue weighted by Crippen LogP contribution is -2.39. The molecule has 0 unspecified atom stereocenters. The number of rotatable bonds is 4. The summed E-state index contributed by atoms with van der Waals surface area (Å²) in [5.74, 6) is 0.574. The first kappa shape index (κ1) is 15.5. The lowest BCUT2D eigenvalue weighted by atomic mass is 9.95. The zero-order valence-corrected chi connectivity index (χ0v) is 13.1. The van der Waals surface area contributed by atoms with E-state index in [9.17, 15) is 8.42 Å². The molecule has 5 heteroatoms. The molecule has 0 radical (unpaired) electrons. The lowest BCUT2D eigenvalue weighted by Gasteiger charge is -2.31. The second-order valence-corrected chi connectivity index (χ2v) is 7.60. The van der Waals surface area contributed by atoms with E-state index in [4.69, 9.17) is 5.73 Å². The fourth-order valence-corrected chi connectivity index (χ4v) is 4.58. The Kier molecular flexibility index (Phi) is 4.83. The van der Waals surface area contributed by atoms with Gasteiger partial charge in [-0.15, -0.1) is 0 Å². The Morgan fingerprint density at radius 2 is 1.90 bits per heavy atom. The van der Waals surface area contributed by atoms with Crippen LogP contribution in [0.1, 0.15) is 30.4 Å². The van der Waals surface area contributed by atoms with Gasteiger partial charge in [0.05, 0.1) is 4.90 Å². The first-order chi connectivity index (χ1) is 9.45. The largest absolute Gasteiger partial charge is 0.330 e. The summed E-state index contributed by atoms with van der Waals surface area (Å²) in [4.78, 5) is 0.453. The number of piperidine rings is 1. The minimum absolute atomic E-state index is 0.453. The summed E-state index contributed by atoms with van der Waals surface area (Å²) in [7, 11) is -3.35. The van der Waals surface area contributed by atoms with E-state index in [-0.39, 0.29) is 0 Å². The highest BCUT2D eigenvalue weighted by Crippen LogP contribution is 2.27. The highest BCUT2D eigenvalue weighted by molar-refractivity contribution is 7.89. The third-order valence-electron chi connectivity index (χ3n) is 4.11. The number of hydrogen-bond donors (Lipinski definition) is 1. The van der Waals surface area contributed by atoms with Gasteiger partial charge in [0.15, 0.2) is 0 Å². The topological polar surface area (TPSA) is 63.4 Å². The van der Waals surface area contributed by atoms with Gasteiger partial charge < -0.3 is 5.73 Å². The molecule has 0 atom stereocenters. The van der Waals surface area contributed by atoms with Crippen LogP contribution < -0.4 is 5.73 Å². The SMILES string of the molecule is Cc1ccc(C)c(S(=O)(=O)N2CCC(CCN)CC2)c1. The molecular formula is C15H24N2O2S. The maximum absolute atomic E-state index is 12.7. The summed E-state index contributed by atoms with van der Waals surface area (Å²) < 4.78 is 27.1. The van der Waals surface area contributed by atoms with Crippen molar-refractivity contribution >= 4 is 10.0 Å². The quantitative estimate of drug-likeness (QED) is 0.925. The third-order valence-corrected chi connectivity index (χ3v) is 6.15. The van der Waals surface area contributed by atoms with Crippen molar-refractivity contribution in [3.63, 3.8) is 0 Å². The second kappa shape index (κ2) is 6.24. The van der Waals surface area contributed by atoms with Crippen LogP contribution in [0, 0.1) is 19.8 Å². The Labute approximate surface area is 122 Å². The van der Waals surface area contributed by atoms with E-state index in [1.807, 2.05) is 26.0 Å². The van der Waals surface area contributed by atoms with Crippen LogP contribution in [0.5, 0.6) is 0 Å². The number of sulfonamides is 1. The van der Waals surface area contributed by atoms with Crippen molar-refractivity contribution in [1.82, 2.24) is 4.31 Å². The highest BCUT2D eigenvalue weighted by atomic mass is 32.2. The molecule has 20 heavy (non-hydrogen) atoms. The van der Waals surface area contributed by atoms with Gasteiger partial charge in [-0.3, -0.25) is 0 Å². The number of aryl methyl sites for hydroxylation is 2. The molecule has 1 aromatic carbocycles. The summed E-state index contributed by atoms with van der Waals surface area (Å²) in [5.41, 5.74) is 7.37. The molecule has 2 N–H and O–H groups in total. The van der Waals surface area contributed by atoms with E-state index in [0.717, 1.165) is 30.4 Å². The van der Waals surface area contributed by atoms with Gasteiger partial charge in [0, 0.05) is 13.1 Å². The van der Waals surface area contributed by atoms with Gasteiger partial charge in [-0.25, -0.2) is 8.42 Å². The van der Waals surface area contributed by atoms with E-state index < -0.39 is 10.0 Å². The fourth-order valence-electron chi connectivity index (χ4n) is 2.80. The van der Waals surface area contributed by atoms with Crippen LogP contribution in [0.3, 0.4) is 0 Å². The van der Waals surface area contributed by atoms with E-state index in [1.54, 1.807) is 10.4 Å². The minimum atomic E-state index is -3.35. The molecule has 0 amide bonds. The van der Waals surface area contributed by atoms with Crippen molar-refractivity contribution in [3.8, 4) is 0 Å². The smallest absolute Gasteiger partial charge is 0.243 e. The predicted octanol–water partition coefficient (Wildman–Crippen LogP) is 2.05. The average Bonchev–Trinajstić information content (AvgIpc) is 2.42. The van der Waals surface area contributed by atoms with E-state index in [0.29, 0.717) is 30.4 Å². The van der Waals surface area contributed by atoms with Crippen molar-refractivity contribution in [2.45, 2.75) is 38.0 Å². The normalized spacial score (nSPS) is 18.4. The van der Waals surface area contributed by atoms with Crippen LogP contribution in [0.2, 0.25) is 0 Å². The molecule has 1 aromatic rings. The molecule has 0 aromatic heterocycles. The molecule has 2 rings (SSSR count). The Morgan fingerprint density at radius 3 is 2.50 bits per heavy atom. The van der Waals surface area contributed by atoms with Gasteiger partial charge in [0.25, 0.3) is 0 Å². The average molecular weight is 296 g/mol. The molecule has 1 saturated heterocycles. The Balaban J connectivity index is 2.18. The van der Waals surface area contributed by atoms with E-state index in [1.165, 1.54) is 0 Å². The van der Waals surface area contributed by atoms with Crippen LogP contribution in [0.25, 0.3) is 0 Å². The summed E-state index contributed by atoms with van der Waals surface area (Å²) in [6.07, 6.45) is 2.83. The van der Waals surface area contributed by atoms with Gasteiger partial charge in [-0.05, 0) is 62.8 Å². The Bertz CT molecular complexity index is 561. The maximum Gasteiger partial charge on any atom is 0.243 e. The number of benzene rings is 1. The minimum Gasteiger partial charge on any atom is -0.330 e. The van der Waals surface area contributed by atoms with Gasteiger partial charge in [-0.2, -0.15) is 4.31 Å². The monoisotopic (exact) mass is 296 g/mol. The summed E-state index contributed by atoms with van der Waals surface area (Å²) in [6, 6.07) is 5.60. The van der Waals surface area contributed by atoms with Gasteiger partial charge in [-0.1, -0.05) is 12.1 Å². The standard InChI is InChI=1S/C15H24N2O2S/c1-12-3-4-13(2)15(11-12)20(18,19)17-9-6-14(5-8-16)7-10-17/h3-4,11,14H,5-10,16H2,1-2H3. The molecule has 0 spiro atoms. The van der Waals surface area contributed by atoms with Crippen molar-refractivity contribution in [3.05, 3.63) is 29.3 Å². The first-order valence-electron chi connectivity index (χ1n) is 7.22. The molecule has 1 fully saturated rings. The Morgan fingerprint density at radius 1 is 1.25 bits per heavy atom. The zero-order chi connectivity index (χ0) is 14.8. The fraction of sp³-hybridized carbons (Fsp3) is 0.600. The van der Waals surface area contributed by atoms with Crippen molar-refractivity contribution < 1.29 is 8.42 Å². The number of hydrogen-bond acceptors (Lipinski definition) is 3. The van der Waals surface area contributed by atoms with Crippen LogP contribution in [0.15, 0.2) is 23.1 Å². The lowest BCUT2D eigenvalue weighted by molar-refractivity contribution is 0.265. The van der Waals surface area contributed by atoms with Crippen LogP contribution in [-0.4, -0.2) is 32.4 Å². The van der Waals surface area contributed by atoms with Crippen LogP contribution in [-0.2, 0) is 10.0 Å². The van der Waals surface area contributed by atoms with Gasteiger partial charge in [0.2, 0.25) is 10.0 Å². The molecule has 4 nitrogen and oxygen atoms in total. The first-order valence-corrected chi connectivity index (χ1v) is 8.66. The molecule has 1 aliphatic rings. The molecule has 0 bridgehead atoms. The maximum atomic E-state index is 12.7. The molecule has 0 aliphatic carbocycles. The Hall–Kier alpha value is -0.910. The van der Waals surface area contributed by atoms with Gasteiger partial charge >= 0.3 is 0 Å². The van der Waals surface area contributed by atoms with E-state index in [2.05, 4.69) is 0 Å². The molecule has 112 valence electrons. The summed E-state index contributed by atoms with van der Waals surface area (Å²) in [6.45, 7) is 5.69. The van der Waals surface area contributed by atoms with Crippen molar-refractivity contribution in [1.29, 1.82) is 0 Å².